The summed E-state index contributed by atoms with van der Waals surface area (Å²) in [7, 11) is 1.90. The molecule has 0 aliphatic carbocycles. The molecule has 0 fully saturated rings. The number of nitrogens with zero attached hydrogens (tertiary/aromatic N) is 2. The lowest BCUT2D eigenvalue weighted by Crippen LogP contribution is -1.98. The maximum absolute atomic E-state index is 5.89. The third-order valence-electron chi connectivity index (χ3n) is 2.23. The molecule has 0 aliphatic heterocycles. The van der Waals surface area contributed by atoms with Gasteiger partial charge in [0, 0.05) is 12.6 Å². The van der Waals surface area contributed by atoms with Crippen LogP contribution in [0.1, 0.15) is 32.0 Å². The smallest absolute Gasteiger partial charge is 0.124 e. The number of anilines is 1. The zero-order valence-corrected chi connectivity index (χ0v) is 8.96. The number of rotatable bonds is 3. The molecule has 2 N–H and O–H groups in total. The van der Waals surface area contributed by atoms with E-state index in [0.717, 1.165) is 24.4 Å². The average molecular weight is 181 g/mol. The minimum atomic E-state index is 0.639. The Hall–Kier alpha value is -0.990. The lowest BCUT2D eigenvalue weighted by molar-refractivity contribution is 0.618. The van der Waals surface area contributed by atoms with Gasteiger partial charge in [0.1, 0.15) is 5.82 Å². The molecule has 0 amide bonds. The predicted octanol–water partition coefficient (Wildman–Crippen LogP) is 1.76. The maximum atomic E-state index is 5.89. The summed E-state index contributed by atoms with van der Waals surface area (Å²) in [5, 5.41) is 4.41. The summed E-state index contributed by atoms with van der Waals surface area (Å²) in [6, 6.07) is 0. The number of aryl methyl sites for hydroxylation is 1. The van der Waals surface area contributed by atoms with Crippen LogP contribution in [0.4, 0.5) is 5.82 Å². The molecule has 0 spiro atoms. The van der Waals surface area contributed by atoms with Gasteiger partial charge in [0.25, 0.3) is 0 Å². The van der Waals surface area contributed by atoms with E-state index < -0.39 is 0 Å². The minimum Gasteiger partial charge on any atom is -0.384 e. The van der Waals surface area contributed by atoms with Crippen LogP contribution in [-0.4, -0.2) is 9.78 Å². The van der Waals surface area contributed by atoms with E-state index in [1.165, 1.54) is 5.56 Å². The minimum absolute atomic E-state index is 0.639. The van der Waals surface area contributed by atoms with Crippen molar-refractivity contribution in [2.45, 2.75) is 33.6 Å². The number of nitrogen functional groups attached to an aromatic ring is 1. The average Bonchev–Trinajstić information content (AvgIpc) is 2.27. The highest BCUT2D eigenvalue weighted by Gasteiger charge is 2.12. The van der Waals surface area contributed by atoms with Gasteiger partial charge in [0.2, 0.25) is 0 Å². The number of hydrogen-bond donors (Lipinski definition) is 1. The quantitative estimate of drug-likeness (QED) is 0.772. The van der Waals surface area contributed by atoms with Crippen LogP contribution in [0.2, 0.25) is 0 Å². The first-order chi connectivity index (χ1) is 6.06. The summed E-state index contributed by atoms with van der Waals surface area (Å²) in [5.41, 5.74) is 8.27. The molecule has 1 heterocycles. The van der Waals surface area contributed by atoms with Crippen LogP contribution < -0.4 is 5.73 Å². The second kappa shape index (κ2) is 3.81. The molecule has 0 bridgehead atoms. The summed E-state index contributed by atoms with van der Waals surface area (Å²) in [4.78, 5) is 0. The third-order valence-corrected chi connectivity index (χ3v) is 2.23. The number of hydrogen-bond acceptors (Lipinski definition) is 2. The SMILES string of the molecule is CCc1c(CC(C)C)nn(C)c1N. The first kappa shape index (κ1) is 10.1. The molecular weight excluding hydrogens is 162 g/mol. The number of aromatic nitrogens is 2. The molecule has 3 heteroatoms. The summed E-state index contributed by atoms with van der Waals surface area (Å²) < 4.78 is 1.77. The molecule has 0 aromatic carbocycles. The van der Waals surface area contributed by atoms with Gasteiger partial charge in [-0.2, -0.15) is 5.10 Å². The fraction of sp³-hybridized carbons (Fsp3) is 0.700. The standard InChI is InChI=1S/C10H19N3/c1-5-8-9(6-7(2)3)12-13(4)10(8)11/h7H,5-6,11H2,1-4H3. The highest BCUT2D eigenvalue weighted by atomic mass is 15.3. The van der Waals surface area contributed by atoms with E-state index in [-0.39, 0.29) is 0 Å². The second-order valence-electron chi connectivity index (χ2n) is 3.89. The van der Waals surface area contributed by atoms with E-state index in [0.29, 0.717) is 5.92 Å². The van der Waals surface area contributed by atoms with Gasteiger partial charge in [-0.15, -0.1) is 0 Å². The second-order valence-corrected chi connectivity index (χ2v) is 3.89. The van der Waals surface area contributed by atoms with Gasteiger partial charge in [-0.25, -0.2) is 0 Å². The van der Waals surface area contributed by atoms with Crippen molar-refractivity contribution in [1.82, 2.24) is 9.78 Å². The first-order valence-corrected chi connectivity index (χ1v) is 4.86. The molecule has 1 rings (SSSR count). The van der Waals surface area contributed by atoms with E-state index in [9.17, 15) is 0 Å². The van der Waals surface area contributed by atoms with Crippen LogP contribution in [-0.2, 0) is 19.9 Å². The Morgan fingerprint density at radius 1 is 1.46 bits per heavy atom. The van der Waals surface area contributed by atoms with Gasteiger partial charge in [-0.05, 0) is 18.8 Å². The van der Waals surface area contributed by atoms with Gasteiger partial charge >= 0.3 is 0 Å². The van der Waals surface area contributed by atoms with Crippen molar-refractivity contribution in [1.29, 1.82) is 0 Å². The molecule has 1 aromatic heterocycles. The third kappa shape index (κ3) is 2.02. The topological polar surface area (TPSA) is 43.8 Å². The van der Waals surface area contributed by atoms with E-state index in [1.807, 2.05) is 7.05 Å². The molecule has 0 saturated carbocycles. The van der Waals surface area contributed by atoms with E-state index in [2.05, 4.69) is 25.9 Å². The Kier molecular flexibility index (Phi) is 2.96. The molecule has 13 heavy (non-hydrogen) atoms. The van der Waals surface area contributed by atoms with Crippen molar-refractivity contribution < 1.29 is 0 Å². The Bertz CT molecular complexity index is 287. The lowest BCUT2D eigenvalue weighted by Gasteiger charge is -2.02. The molecule has 0 radical (unpaired) electrons. The Morgan fingerprint density at radius 2 is 2.08 bits per heavy atom. The van der Waals surface area contributed by atoms with Crippen LogP contribution in [0.25, 0.3) is 0 Å². The molecule has 1 aromatic rings. The molecule has 0 atom stereocenters. The molecule has 0 unspecified atom stereocenters. The highest BCUT2D eigenvalue weighted by molar-refractivity contribution is 5.43. The van der Waals surface area contributed by atoms with Gasteiger partial charge in [0.05, 0.1) is 5.69 Å². The normalized spacial score (nSPS) is 11.2. The summed E-state index contributed by atoms with van der Waals surface area (Å²) in [6.07, 6.45) is 2.00. The van der Waals surface area contributed by atoms with Crippen LogP contribution in [0, 0.1) is 5.92 Å². The van der Waals surface area contributed by atoms with E-state index in [4.69, 9.17) is 5.73 Å². The van der Waals surface area contributed by atoms with Gasteiger partial charge < -0.3 is 5.73 Å². The van der Waals surface area contributed by atoms with Crippen molar-refractivity contribution in [2.75, 3.05) is 5.73 Å². The van der Waals surface area contributed by atoms with Crippen molar-refractivity contribution in [3.8, 4) is 0 Å². The van der Waals surface area contributed by atoms with Crippen LogP contribution in [0.15, 0.2) is 0 Å². The van der Waals surface area contributed by atoms with Gasteiger partial charge in [-0.1, -0.05) is 20.8 Å². The van der Waals surface area contributed by atoms with Crippen LogP contribution in [0.5, 0.6) is 0 Å². The Morgan fingerprint density at radius 3 is 2.54 bits per heavy atom. The summed E-state index contributed by atoms with van der Waals surface area (Å²) in [6.45, 7) is 6.52. The molecule has 3 nitrogen and oxygen atoms in total. The monoisotopic (exact) mass is 181 g/mol. The predicted molar refractivity (Wildman–Crippen MR) is 55.5 cm³/mol. The largest absolute Gasteiger partial charge is 0.384 e. The maximum Gasteiger partial charge on any atom is 0.124 e. The van der Waals surface area contributed by atoms with Crippen molar-refractivity contribution in [2.24, 2.45) is 13.0 Å². The van der Waals surface area contributed by atoms with Gasteiger partial charge in [-0.3, -0.25) is 4.68 Å². The van der Waals surface area contributed by atoms with Crippen molar-refractivity contribution in [3.05, 3.63) is 11.3 Å². The number of nitrogens with two attached hydrogens (primary N) is 1. The van der Waals surface area contributed by atoms with Crippen LogP contribution in [0.3, 0.4) is 0 Å². The molecule has 74 valence electrons. The fourth-order valence-corrected chi connectivity index (χ4v) is 1.57. The van der Waals surface area contributed by atoms with E-state index in [1.54, 1.807) is 4.68 Å². The lowest BCUT2D eigenvalue weighted by atomic mass is 10.0. The van der Waals surface area contributed by atoms with Gasteiger partial charge in [0.15, 0.2) is 0 Å². The summed E-state index contributed by atoms with van der Waals surface area (Å²) in [5.74, 6) is 1.46. The van der Waals surface area contributed by atoms with Crippen LogP contribution >= 0.6 is 0 Å². The van der Waals surface area contributed by atoms with Crippen molar-refractivity contribution >= 4 is 5.82 Å². The Labute approximate surface area is 79.9 Å². The molecule has 0 aliphatic rings. The van der Waals surface area contributed by atoms with E-state index >= 15 is 0 Å². The molecular formula is C10H19N3. The molecule has 0 saturated heterocycles. The highest BCUT2D eigenvalue weighted by Crippen LogP contribution is 2.19. The zero-order chi connectivity index (χ0) is 10.0. The summed E-state index contributed by atoms with van der Waals surface area (Å²) >= 11 is 0. The Balaban J connectivity index is 2.99. The first-order valence-electron chi connectivity index (χ1n) is 4.86. The zero-order valence-electron chi connectivity index (χ0n) is 8.96. The fourth-order valence-electron chi connectivity index (χ4n) is 1.57. The van der Waals surface area contributed by atoms with Crippen molar-refractivity contribution in [3.63, 3.8) is 0 Å².